The standard InChI is InChI=1S/C27H30N4O4S/c1-18(2)20-8-11-22(12-9-20)31(36(34,35)23-13-6-19(3)7-14-23)17-26(32)28-21-10-15-24-25(16-21)30(5)27(33)29(24)4/h6-16,18H,17H2,1-5H3,(H,28,32). The van der Waals surface area contributed by atoms with Gasteiger partial charge in [0.1, 0.15) is 6.54 Å². The number of rotatable bonds is 7. The van der Waals surface area contributed by atoms with Crippen LogP contribution in [-0.4, -0.2) is 30.0 Å². The van der Waals surface area contributed by atoms with Gasteiger partial charge in [-0.3, -0.25) is 18.2 Å². The Hall–Kier alpha value is -3.85. The van der Waals surface area contributed by atoms with E-state index in [-0.39, 0.29) is 16.5 Å². The molecule has 0 spiro atoms. The molecule has 0 radical (unpaired) electrons. The number of benzene rings is 3. The summed E-state index contributed by atoms with van der Waals surface area (Å²) >= 11 is 0. The number of carbonyl (C=O) groups is 1. The maximum Gasteiger partial charge on any atom is 0.328 e. The number of aryl methyl sites for hydroxylation is 3. The van der Waals surface area contributed by atoms with Crippen LogP contribution in [0.15, 0.2) is 76.4 Å². The van der Waals surface area contributed by atoms with Crippen LogP contribution >= 0.6 is 0 Å². The number of carbonyl (C=O) groups excluding carboxylic acids is 1. The smallest absolute Gasteiger partial charge is 0.324 e. The van der Waals surface area contributed by atoms with Crippen LogP contribution < -0.4 is 15.3 Å². The molecule has 0 bridgehead atoms. The number of nitrogens with zero attached hydrogens (tertiary/aromatic N) is 3. The lowest BCUT2D eigenvalue weighted by atomic mass is 10.0. The summed E-state index contributed by atoms with van der Waals surface area (Å²) < 4.78 is 31.4. The molecule has 0 aliphatic rings. The molecular weight excluding hydrogens is 476 g/mol. The number of anilines is 2. The monoisotopic (exact) mass is 506 g/mol. The molecule has 0 saturated carbocycles. The predicted molar refractivity (Wildman–Crippen MR) is 143 cm³/mol. The molecule has 1 N–H and O–H groups in total. The first-order valence-corrected chi connectivity index (χ1v) is 13.1. The molecule has 1 heterocycles. The van der Waals surface area contributed by atoms with Gasteiger partial charge in [0.15, 0.2) is 0 Å². The molecule has 9 heteroatoms. The summed E-state index contributed by atoms with van der Waals surface area (Å²) in [4.78, 5) is 25.4. The van der Waals surface area contributed by atoms with Crippen molar-refractivity contribution in [2.45, 2.75) is 31.6 Å². The lowest BCUT2D eigenvalue weighted by molar-refractivity contribution is -0.114. The zero-order valence-electron chi connectivity index (χ0n) is 21.0. The van der Waals surface area contributed by atoms with E-state index >= 15 is 0 Å². The normalized spacial score (nSPS) is 11.7. The number of fused-ring (bicyclic) bond motifs is 1. The minimum absolute atomic E-state index is 0.106. The van der Waals surface area contributed by atoms with Gasteiger partial charge in [0.25, 0.3) is 10.0 Å². The molecule has 0 aliphatic carbocycles. The SMILES string of the molecule is Cc1ccc(S(=O)(=O)N(CC(=O)Nc2ccc3c(c2)n(C)c(=O)n3C)c2ccc(C(C)C)cc2)cc1. The van der Waals surface area contributed by atoms with Crippen LogP contribution in [0.5, 0.6) is 0 Å². The van der Waals surface area contributed by atoms with E-state index in [9.17, 15) is 18.0 Å². The van der Waals surface area contributed by atoms with Crippen LogP contribution in [-0.2, 0) is 28.9 Å². The molecule has 1 aromatic heterocycles. The third-order valence-electron chi connectivity index (χ3n) is 6.30. The van der Waals surface area contributed by atoms with Crippen molar-refractivity contribution >= 4 is 38.3 Å². The van der Waals surface area contributed by atoms with Gasteiger partial charge in [-0.1, -0.05) is 43.7 Å². The lowest BCUT2D eigenvalue weighted by Gasteiger charge is -2.24. The molecule has 3 aromatic carbocycles. The predicted octanol–water partition coefficient (Wildman–Crippen LogP) is 4.14. The van der Waals surface area contributed by atoms with Crippen molar-refractivity contribution in [1.82, 2.24) is 9.13 Å². The Balaban J connectivity index is 1.67. The molecule has 4 rings (SSSR count). The van der Waals surface area contributed by atoms with Crippen LogP contribution in [0, 0.1) is 6.92 Å². The molecule has 0 saturated heterocycles. The molecule has 0 fully saturated rings. The average Bonchev–Trinajstić information content (AvgIpc) is 3.06. The molecule has 0 aliphatic heterocycles. The number of imidazole rings is 1. The second-order valence-electron chi connectivity index (χ2n) is 9.22. The Labute approximate surface area is 210 Å². The molecule has 36 heavy (non-hydrogen) atoms. The zero-order valence-corrected chi connectivity index (χ0v) is 21.8. The summed E-state index contributed by atoms with van der Waals surface area (Å²) in [7, 11) is -0.670. The molecule has 0 unspecified atom stereocenters. The molecule has 8 nitrogen and oxygen atoms in total. The van der Waals surface area contributed by atoms with Crippen LogP contribution in [0.4, 0.5) is 11.4 Å². The second-order valence-corrected chi connectivity index (χ2v) is 11.1. The summed E-state index contributed by atoms with van der Waals surface area (Å²) in [5, 5.41) is 2.78. The van der Waals surface area contributed by atoms with Crippen molar-refractivity contribution in [2.24, 2.45) is 14.1 Å². The Kier molecular flexibility index (Phi) is 6.77. The van der Waals surface area contributed by atoms with Gasteiger partial charge in [-0.25, -0.2) is 13.2 Å². The van der Waals surface area contributed by atoms with Crippen LogP contribution in [0.1, 0.15) is 30.9 Å². The highest BCUT2D eigenvalue weighted by atomic mass is 32.2. The van der Waals surface area contributed by atoms with E-state index in [1.54, 1.807) is 68.7 Å². The fraction of sp³-hybridized carbons (Fsp3) is 0.259. The average molecular weight is 507 g/mol. The van der Waals surface area contributed by atoms with E-state index < -0.39 is 22.5 Å². The molecule has 4 aromatic rings. The zero-order chi connectivity index (χ0) is 26.2. The van der Waals surface area contributed by atoms with Gasteiger partial charge in [-0.2, -0.15) is 0 Å². The van der Waals surface area contributed by atoms with Gasteiger partial charge in [-0.15, -0.1) is 0 Å². The topological polar surface area (TPSA) is 93.4 Å². The van der Waals surface area contributed by atoms with Crippen molar-refractivity contribution in [1.29, 1.82) is 0 Å². The van der Waals surface area contributed by atoms with E-state index in [2.05, 4.69) is 19.2 Å². The summed E-state index contributed by atoms with van der Waals surface area (Å²) in [6.07, 6.45) is 0. The molecular formula is C27H30N4O4S. The third kappa shape index (κ3) is 4.79. The van der Waals surface area contributed by atoms with E-state index in [0.29, 0.717) is 16.9 Å². The maximum atomic E-state index is 13.6. The number of hydrogen-bond donors (Lipinski definition) is 1. The minimum Gasteiger partial charge on any atom is -0.324 e. The van der Waals surface area contributed by atoms with Gasteiger partial charge in [-0.05, 0) is 60.9 Å². The quantitative estimate of drug-likeness (QED) is 0.408. The van der Waals surface area contributed by atoms with Crippen molar-refractivity contribution in [2.75, 3.05) is 16.2 Å². The molecule has 188 valence electrons. The van der Waals surface area contributed by atoms with E-state index in [0.717, 1.165) is 20.9 Å². The van der Waals surface area contributed by atoms with Crippen molar-refractivity contribution in [3.05, 3.63) is 88.3 Å². The molecule has 1 amide bonds. The van der Waals surface area contributed by atoms with Gasteiger partial charge < -0.3 is 5.32 Å². The highest BCUT2D eigenvalue weighted by Crippen LogP contribution is 2.26. The highest BCUT2D eigenvalue weighted by Gasteiger charge is 2.27. The summed E-state index contributed by atoms with van der Waals surface area (Å²) in [5.41, 5.74) is 4.09. The summed E-state index contributed by atoms with van der Waals surface area (Å²) in [5.74, 6) is -0.215. The van der Waals surface area contributed by atoms with Crippen LogP contribution in [0.25, 0.3) is 11.0 Å². The first-order valence-electron chi connectivity index (χ1n) is 11.6. The Morgan fingerprint density at radius 2 is 1.53 bits per heavy atom. The number of sulfonamides is 1. The fourth-order valence-corrected chi connectivity index (χ4v) is 5.51. The first kappa shape index (κ1) is 25.2. The maximum absolute atomic E-state index is 13.6. The second kappa shape index (κ2) is 9.66. The van der Waals surface area contributed by atoms with Gasteiger partial charge in [0, 0.05) is 19.8 Å². The van der Waals surface area contributed by atoms with Crippen molar-refractivity contribution in [3.8, 4) is 0 Å². The van der Waals surface area contributed by atoms with Gasteiger partial charge in [0.05, 0.1) is 21.6 Å². The van der Waals surface area contributed by atoms with E-state index in [4.69, 9.17) is 0 Å². The van der Waals surface area contributed by atoms with Gasteiger partial charge in [0.2, 0.25) is 5.91 Å². The minimum atomic E-state index is -4.01. The summed E-state index contributed by atoms with van der Waals surface area (Å²) in [6.45, 7) is 5.58. The molecule has 0 atom stereocenters. The van der Waals surface area contributed by atoms with Gasteiger partial charge >= 0.3 is 5.69 Å². The number of aromatic nitrogens is 2. The fourth-order valence-electron chi connectivity index (χ4n) is 4.09. The number of amides is 1. The third-order valence-corrected chi connectivity index (χ3v) is 8.09. The lowest BCUT2D eigenvalue weighted by Crippen LogP contribution is -2.38. The first-order chi connectivity index (χ1) is 17.0. The van der Waals surface area contributed by atoms with Crippen LogP contribution in [0.3, 0.4) is 0 Å². The van der Waals surface area contributed by atoms with Crippen molar-refractivity contribution < 1.29 is 13.2 Å². The largest absolute Gasteiger partial charge is 0.328 e. The Morgan fingerprint density at radius 1 is 0.917 bits per heavy atom. The highest BCUT2D eigenvalue weighted by molar-refractivity contribution is 7.92. The van der Waals surface area contributed by atoms with E-state index in [1.165, 1.54) is 9.13 Å². The van der Waals surface area contributed by atoms with E-state index in [1.807, 2.05) is 19.1 Å². The number of hydrogen-bond acceptors (Lipinski definition) is 4. The number of nitrogens with one attached hydrogen (secondary N) is 1. The Morgan fingerprint density at radius 3 is 2.14 bits per heavy atom. The Bertz CT molecular complexity index is 1580. The van der Waals surface area contributed by atoms with Crippen LogP contribution in [0.2, 0.25) is 0 Å². The summed E-state index contributed by atoms with van der Waals surface area (Å²) in [6, 6.07) is 18.9. The van der Waals surface area contributed by atoms with Crippen molar-refractivity contribution in [3.63, 3.8) is 0 Å².